The Morgan fingerprint density at radius 1 is 1.22 bits per heavy atom. The first-order valence-corrected chi connectivity index (χ1v) is 6.88. The van der Waals surface area contributed by atoms with Gasteiger partial charge >= 0.3 is 0 Å². The van der Waals surface area contributed by atoms with E-state index in [2.05, 4.69) is 54.2 Å². The molecule has 0 aliphatic carbocycles. The second-order valence-electron chi connectivity index (χ2n) is 5.39. The van der Waals surface area contributed by atoms with Gasteiger partial charge in [-0.2, -0.15) is 0 Å². The molecule has 0 amide bonds. The van der Waals surface area contributed by atoms with Crippen LogP contribution in [0.25, 0.3) is 0 Å². The van der Waals surface area contributed by atoms with Gasteiger partial charge in [0.25, 0.3) is 0 Å². The quantitative estimate of drug-likeness (QED) is 0.879. The van der Waals surface area contributed by atoms with E-state index >= 15 is 0 Å². The van der Waals surface area contributed by atoms with Crippen molar-refractivity contribution in [2.24, 2.45) is 5.73 Å². The molecule has 1 fully saturated rings. The van der Waals surface area contributed by atoms with E-state index in [-0.39, 0.29) is 0 Å². The smallest absolute Gasteiger partial charge is 0.0470 e. The van der Waals surface area contributed by atoms with E-state index in [1.165, 1.54) is 18.4 Å². The van der Waals surface area contributed by atoms with Gasteiger partial charge in [0.05, 0.1) is 0 Å². The molecule has 1 saturated heterocycles. The van der Waals surface area contributed by atoms with Crippen molar-refractivity contribution in [1.29, 1.82) is 0 Å². The van der Waals surface area contributed by atoms with Crippen molar-refractivity contribution >= 4 is 0 Å². The molecule has 0 aromatic heterocycles. The Balaban J connectivity index is 1.99. The molecule has 2 N–H and O–H groups in total. The van der Waals surface area contributed by atoms with Crippen LogP contribution < -0.4 is 5.73 Å². The maximum atomic E-state index is 5.98. The summed E-state index contributed by atoms with van der Waals surface area (Å²) in [5.74, 6) is 0. The number of hydrogen-bond donors (Lipinski definition) is 1. The number of benzene rings is 1. The SMILES string of the molecule is CN(C)C1CCN(C(CN)c2ccccc2)CC1. The molecule has 1 unspecified atom stereocenters. The van der Waals surface area contributed by atoms with Gasteiger partial charge in [-0.3, -0.25) is 4.90 Å². The van der Waals surface area contributed by atoms with Gasteiger partial charge in [0.1, 0.15) is 0 Å². The second kappa shape index (κ2) is 6.32. The Bertz CT molecular complexity index is 342. The highest BCUT2D eigenvalue weighted by Crippen LogP contribution is 2.24. The molecule has 0 spiro atoms. The zero-order valence-electron chi connectivity index (χ0n) is 11.5. The predicted octanol–water partition coefficient (Wildman–Crippen LogP) is 1.71. The lowest BCUT2D eigenvalue weighted by atomic mass is 9.99. The molecular formula is C15H25N3. The minimum Gasteiger partial charge on any atom is -0.329 e. The molecular weight excluding hydrogens is 222 g/mol. The zero-order chi connectivity index (χ0) is 13.0. The molecule has 1 aliphatic heterocycles. The highest BCUT2D eigenvalue weighted by atomic mass is 15.2. The van der Waals surface area contributed by atoms with Crippen LogP contribution in [-0.4, -0.2) is 49.6 Å². The molecule has 1 aromatic carbocycles. The van der Waals surface area contributed by atoms with Gasteiger partial charge in [-0.05, 0) is 32.5 Å². The lowest BCUT2D eigenvalue weighted by Gasteiger charge is -2.39. The Kier molecular flexibility index (Phi) is 4.75. The first-order chi connectivity index (χ1) is 8.72. The van der Waals surface area contributed by atoms with E-state index in [1.54, 1.807) is 0 Å². The van der Waals surface area contributed by atoms with E-state index < -0.39 is 0 Å². The first kappa shape index (κ1) is 13.5. The molecule has 0 bridgehead atoms. The van der Waals surface area contributed by atoms with E-state index in [1.807, 2.05) is 0 Å². The number of piperidine rings is 1. The number of nitrogens with zero attached hydrogens (tertiary/aromatic N) is 2. The van der Waals surface area contributed by atoms with Crippen molar-refractivity contribution in [2.45, 2.75) is 24.9 Å². The molecule has 2 rings (SSSR count). The highest BCUT2D eigenvalue weighted by Gasteiger charge is 2.25. The van der Waals surface area contributed by atoms with Crippen molar-refractivity contribution in [3.05, 3.63) is 35.9 Å². The summed E-state index contributed by atoms with van der Waals surface area (Å²) in [7, 11) is 4.36. The van der Waals surface area contributed by atoms with Crippen molar-refractivity contribution in [3.63, 3.8) is 0 Å². The molecule has 1 heterocycles. The fourth-order valence-corrected chi connectivity index (χ4v) is 2.89. The van der Waals surface area contributed by atoms with E-state index in [0.717, 1.165) is 19.1 Å². The topological polar surface area (TPSA) is 32.5 Å². The van der Waals surface area contributed by atoms with Gasteiger partial charge in [-0.25, -0.2) is 0 Å². The predicted molar refractivity (Wildman–Crippen MR) is 76.5 cm³/mol. The Hall–Kier alpha value is -0.900. The third-order valence-corrected chi connectivity index (χ3v) is 4.08. The van der Waals surface area contributed by atoms with Gasteiger partial charge in [-0.1, -0.05) is 30.3 Å². The van der Waals surface area contributed by atoms with Crippen LogP contribution in [0.5, 0.6) is 0 Å². The van der Waals surface area contributed by atoms with Crippen LogP contribution in [0.3, 0.4) is 0 Å². The normalized spacial score (nSPS) is 20.2. The summed E-state index contributed by atoms with van der Waals surface area (Å²) in [6.07, 6.45) is 2.49. The van der Waals surface area contributed by atoms with Crippen LogP contribution in [0.4, 0.5) is 0 Å². The molecule has 1 aromatic rings. The number of rotatable bonds is 4. The molecule has 18 heavy (non-hydrogen) atoms. The summed E-state index contributed by atoms with van der Waals surface area (Å²) < 4.78 is 0. The molecule has 1 atom stereocenters. The largest absolute Gasteiger partial charge is 0.329 e. The molecule has 1 aliphatic rings. The third-order valence-electron chi connectivity index (χ3n) is 4.08. The van der Waals surface area contributed by atoms with Crippen LogP contribution >= 0.6 is 0 Å². The first-order valence-electron chi connectivity index (χ1n) is 6.88. The van der Waals surface area contributed by atoms with Crippen LogP contribution in [0.2, 0.25) is 0 Å². The number of nitrogens with two attached hydrogens (primary N) is 1. The molecule has 3 nitrogen and oxygen atoms in total. The van der Waals surface area contributed by atoms with Gasteiger partial charge < -0.3 is 10.6 Å². The maximum absolute atomic E-state index is 5.98. The summed E-state index contributed by atoms with van der Waals surface area (Å²) in [5.41, 5.74) is 7.33. The average molecular weight is 247 g/mol. The zero-order valence-corrected chi connectivity index (χ0v) is 11.5. The number of likely N-dealkylation sites (tertiary alicyclic amines) is 1. The monoisotopic (exact) mass is 247 g/mol. The molecule has 0 radical (unpaired) electrons. The van der Waals surface area contributed by atoms with Crippen LogP contribution in [-0.2, 0) is 0 Å². The van der Waals surface area contributed by atoms with E-state index in [9.17, 15) is 0 Å². The highest BCUT2D eigenvalue weighted by molar-refractivity contribution is 5.19. The minimum atomic E-state index is 0.384. The summed E-state index contributed by atoms with van der Waals surface area (Å²) >= 11 is 0. The summed E-state index contributed by atoms with van der Waals surface area (Å²) in [4.78, 5) is 4.88. The average Bonchev–Trinajstić information content (AvgIpc) is 2.41. The van der Waals surface area contributed by atoms with Gasteiger partial charge in [0.2, 0.25) is 0 Å². The van der Waals surface area contributed by atoms with Gasteiger partial charge in [-0.15, -0.1) is 0 Å². The summed E-state index contributed by atoms with van der Waals surface area (Å²) in [6, 6.07) is 11.8. The lowest BCUT2D eigenvalue weighted by Crippen LogP contribution is -2.45. The van der Waals surface area contributed by atoms with E-state index in [0.29, 0.717) is 12.6 Å². The van der Waals surface area contributed by atoms with Crippen molar-refractivity contribution in [3.8, 4) is 0 Å². The van der Waals surface area contributed by atoms with Crippen molar-refractivity contribution < 1.29 is 0 Å². The standard InChI is InChI=1S/C15H25N3/c1-17(2)14-8-10-18(11-9-14)15(12-16)13-6-4-3-5-7-13/h3-7,14-15H,8-12,16H2,1-2H3. The van der Waals surface area contributed by atoms with Crippen molar-refractivity contribution in [1.82, 2.24) is 9.80 Å². The van der Waals surface area contributed by atoms with Crippen LogP contribution in [0.1, 0.15) is 24.4 Å². The fraction of sp³-hybridized carbons (Fsp3) is 0.600. The Morgan fingerprint density at radius 3 is 2.33 bits per heavy atom. The second-order valence-corrected chi connectivity index (χ2v) is 5.39. The maximum Gasteiger partial charge on any atom is 0.0470 e. The van der Waals surface area contributed by atoms with Gasteiger partial charge in [0, 0.05) is 31.7 Å². The molecule has 3 heteroatoms. The molecule has 0 saturated carbocycles. The lowest BCUT2D eigenvalue weighted by molar-refractivity contribution is 0.111. The molecule has 100 valence electrons. The summed E-state index contributed by atoms with van der Waals surface area (Å²) in [5, 5.41) is 0. The van der Waals surface area contributed by atoms with E-state index in [4.69, 9.17) is 5.73 Å². The van der Waals surface area contributed by atoms with Crippen LogP contribution in [0, 0.1) is 0 Å². The summed E-state index contributed by atoms with van der Waals surface area (Å²) in [6.45, 7) is 3.01. The minimum absolute atomic E-state index is 0.384. The fourth-order valence-electron chi connectivity index (χ4n) is 2.89. The Labute approximate surface area is 111 Å². The van der Waals surface area contributed by atoms with Crippen LogP contribution in [0.15, 0.2) is 30.3 Å². The Morgan fingerprint density at radius 2 is 1.83 bits per heavy atom. The van der Waals surface area contributed by atoms with Gasteiger partial charge in [0.15, 0.2) is 0 Å². The van der Waals surface area contributed by atoms with Crippen molar-refractivity contribution in [2.75, 3.05) is 33.7 Å². The number of hydrogen-bond acceptors (Lipinski definition) is 3. The third kappa shape index (κ3) is 3.10.